The van der Waals surface area contributed by atoms with Crippen LogP contribution in [0.4, 0.5) is 0 Å². The lowest BCUT2D eigenvalue weighted by Crippen LogP contribution is -2.60. The van der Waals surface area contributed by atoms with Crippen LogP contribution in [0, 0.1) is 0 Å². The molecule has 1 unspecified atom stereocenters. The molecule has 1 saturated carbocycles. The van der Waals surface area contributed by atoms with Crippen molar-refractivity contribution in [2.24, 2.45) is 0 Å². The highest BCUT2D eigenvalue weighted by Crippen LogP contribution is 2.28. The molecule has 0 aromatic heterocycles. The highest BCUT2D eigenvalue weighted by atomic mass is 79.9. The van der Waals surface area contributed by atoms with Crippen LogP contribution in [0.1, 0.15) is 44.1 Å². The molecule has 1 aromatic rings. The van der Waals surface area contributed by atoms with Gasteiger partial charge < -0.3 is 10.0 Å². The number of carbonyl (C=O) groups is 2. The molecular formula is C19H25BrN2O3. The first-order valence-electron chi connectivity index (χ1n) is 9.05. The topological polar surface area (TPSA) is 60.9 Å². The summed E-state index contributed by atoms with van der Waals surface area (Å²) in [6, 6.07) is 7.75. The molecule has 1 N–H and O–H groups in total. The van der Waals surface area contributed by atoms with E-state index in [-0.39, 0.29) is 12.3 Å². The van der Waals surface area contributed by atoms with Gasteiger partial charge in [-0.05, 0) is 30.5 Å². The molecule has 5 nitrogen and oxygen atoms in total. The zero-order chi connectivity index (χ0) is 17.8. The van der Waals surface area contributed by atoms with Gasteiger partial charge in [-0.25, -0.2) is 0 Å². The monoisotopic (exact) mass is 408 g/mol. The lowest BCUT2D eigenvalue weighted by Gasteiger charge is -2.45. The van der Waals surface area contributed by atoms with Crippen LogP contribution in [0.15, 0.2) is 28.7 Å². The summed E-state index contributed by atoms with van der Waals surface area (Å²) in [6.45, 7) is 1.97. The second kappa shape index (κ2) is 8.32. The molecule has 136 valence electrons. The van der Waals surface area contributed by atoms with Crippen LogP contribution in [-0.2, 0) is 16.1 Å². The first-order valence-corrected chi connectivity index (χ1v) is 9.84. The highest BCUT2D eigenvalue weighted by molar-refractivity contribution is 9.10. The van der Waals surface area contributed by atoms with Crippen molar-refractivity contribution in [3.05, 3.63) is 34.3 Å². The fourth-order valence-electron chi connectivity index (χ4n) is 4.09. The third-order valence-corrected chi connectivity index (χ3v) is 5.79. The van der Waals surface area contributed by atoms with E-state index >= 15 is 0 Å². The average molecular weight is 409 g/mol. The Kier molecular flexibility index (Phi) is 6.12. The van der Waals surface area contributed by atoms with Crippen molar-refractivity contribution < 1.29 is 14.7 Å². The first-order chi connectivity index (χ1) is 12.0. The minimum atomic E-state index is -0.900. The van der Waals surface area contributed by atoms with E-state index in [1.165, 1.54) is 19.3 Å². The largest absolute Gasteiger partial charge is 0.481 e. The molecule has 1 aliphatic heterocycles. The van der Waals surface area contributed by atoms with E-state index in [1.807, 2.05) is 29.2 Å². The zero-order valence-corrected chi connectivity index (χ0v) is 16.0. The van der Waals surface area contributed by atoms with Gasteiger partial charge in [0.05, 0.1) is 6.42 Å². The Bertz CT molecular complexity index is 631. The number of hydrogen-bond donors (Lipinski definition) is 1. The van der Waals surface area contributed by atoms with Crippen LogP contribution < -0.4 is 0 Å². The van der Waals surface area contributed by atoms with Crippen molar-refractivity contribution in [3.8, 4) is 0 Å². The number of carbonyl (C=O) groups excluding carboxylic acids is 1. The van der Waals surface area contributed by atoms with E-state index < -0.39 is 12.0 Å². The summed E-state index contributed by atoms with van der Waals surface area (Å²) in [5, 5.41) is 9.31. The molecule has 0 spiro atoms. The van der Waals surface area contributed by atoms with Crippen molar-refractivity contribution in [1.29, 1.82) is 0 Å². The molecular weight excluding hydrogens is 384 g/mol. The maximum Gasteiger partial charge on any atom is 0.305 e. The Morgan fingerprint density at radius 1 is 1.20 bits per heavy atom. The van der Waals surface area contributed by atoms with Crippen LogP contribution in [0.5, 0.6) is 0 Å². The summed E-state index contributed by atoms with van der Waals surface area (Å²) < 4.78 is 0.986. The normalized spacial score (nSPS) is 23.0. The number of rotatable bonds is 5. The molecule has 3 rings (SSSR count). The molecule has 1 saturated heterocycles. The van der Waals surface area contributed by atoms with Gasteiger partial charge in [0.2, 0.25) is 5.91 Å². The summed E-state index contributed by atoms with van der Waals surface area (Å²) in [7, 11) is 0. The standard InChI is InChI=1S/C19H25BrN2O3/c20-15-6-4-5-14(11-15)13-21-9-10-22(16-7-2-1-3-8-16)17(19(21)25)12-18(23)24/h4-6,11,16-17H,1-3,7-10,12-13H2,(H,23,24). The second-order valence-electron chi connectivity index (χ2n) is 7.03. The lowest BCUT2D eigenvalue weighted by molar-refractivity contribution is -0.151. The van der Waals surface area contributed by atoms with Crippen molar-refractivity contribution in [1.82, 2.24) is 9.80 Å². The van der Waals surface area contributed by atoms with Crippen LogP contribution in [0.25, 0.3) is 0 Å². The number of halogens is 1. The molecule has 2 fully saturated rings. The molecule has 6 heteroatoms. The van der Waals surface area contributed by atoms with Crippen molar-refractivity contribution >= 4 is 27.8 Å². The molecule has 0 bridgehead atoms. The molecule has 1 heterocycles. The lowest BCUT2D eigenvalue weighted by atomic mass is 9.91. The molecule has 1 aliphatic carbocycles. The number of amides is 1. The summed E-state index contributed by atoms with van der Waals surface area (Å²) >= 11 is 3.46. The number of piperazine rings is 1. The zero-order valence-electron chi connectivity index (χ0n) is 14.4. The van der Waals surface area contributed by atoms with E-state index in [4.69, 9.17) is 0 Å². The number of aliphatic carboxylic acids is 1. The summed E-state index contributed by atoms with van der Waals surface area (Å²) in [5.41, 5.74) is 1.06. The second-order valence-corrected chi connectivity index (χ2v) is 7.95. The number of nitrogens with zero attached hydrogens (tertiary/aromatic N) is 2. The summed E-state index contributed by atoms with van der Waals surface area (Å²) in [4.78, 5) is 28.3. The fraction of sp³-hybridized carbons (Fsp3) is 0.579. The van der Waals surface area contributed by atoms with Crippen LogP contribution in [0.2, 0.25) is 0 Å². The quantitative estimate of drug-likeness (QED) is 0.811. The van der Waals surface area contributed by atoms with Crippen LogP contribution >= 0.6 is 15.9 Å². The van der Waals surface area contributed by atoms with E-state index in [1.54, 1.807) is 0 Å². The van der Waals surface area contributed by atoms with E-state index in [0.29, 0.717) is 19.1 Å². The number of carboxylic acids is 1. The maximum absolute atomic E-state index is 13.0. The van der Waals surface area contributed by atoms with E-state index in [9.17, 15) is 14.7 Å². The van der Waals surface area contributed by atoms with Gasteiger partial charge >= 0.3 is 5.97 Å². The van der Waals surface area contributed by atoms with Gasteiger partial charge in [0, 0.05) is 30.1 Å². The molecule has 25 heavy (non-hydrogen) atoms. The molecule has 0 radical (unpaired) electrons. The SMILES string of the molecule is O=C(O)CC1C(=O)N(Cc2cccc(Br)c2)CCN1C1CCCCC1. The molecule has 1 aromatic carbocycles. The molecule has 1 amide bonds. The number of benzene rings is 1. The van der Waals surface area contributed by atoms with Crippen molar-refractivity contribution in [3.63, 3.8) is 0 Å². The Hall–Kier alpha value is -1.40. The number of hydrogen-bond acceptors (Lipinski definition) is 3. The Morgan fingerprint density at radius 2 is 1.96 bits per heavy atom. The van der Waals surface area contributed by atoms with Crippen molar-refractivity contribution in [2.75, 3.05) is 13.1 Å². The maximum atomic E-state index is 13.0. The van der Waals surface area contributed by atoms with E-state index in [0.717, 1.165) is 29.4 Å². The van der Waals surface area contributed by atoms with Crippen LogP contribution in [0.3, 0.4) is 0 Å². The van der Waals surface area contributed by atoms with Gasteiger partial charge in [-0.1, -0.05) is 47.3 Å². The van der Waals surface area contributed by atoms with Gasteiger partial charge in [0.1, 0.15) is 6.04 Å². The number of carboxylic acid groups (broad SMARTS) is 1. The third-order valence-electron chi connectivity index (χ3n) is 5.30. The Morgan fingerprint density at radius 3 is 2.64 bits per heavy atom. The predicted octanol–water partition coefficient (Wildman–Crippen LogP) is 3.27. The van der Waals surface area contributed by atoms with Gasteiger partial charge in [-0.15, -0.1) is 0 Å². The van der Waals surface area contributed by atoms with Gasteiger partial charge in [-0.2, -0.15) is 0 Å². The van der Waals surface area contributed by atoms with Gasteiger partial charge in [-0.3, -0.25) is 14.5 Å². The average Bonchev–Trinajstić information content (AvgIpc) is 2.59. The third kappa shape index (κ3) is 4.61. The first kappa shape index (κ1) is 18.4. The predicted molar refractivity (Wildman–Crippen MR) is 99.2 cm³/mol. The minimum Gasteiger partial charge on any atom is -0.481 e. The Labute approximate surface area is 157 Å². The Balaban J connectivity index is 1.74. The summed E-state index contributed by atoms with van der Waals surface area (Å²) in [5.74, 6) is -0.942. The molecule has 2 aliphatic rings. The summed E-state index contributed by atoms with van der Waals surface area (Å²) in [6.07, 6.45) is 5.65. The van der Waals surface area contributed by atoms with Gasteiger partial charge in [0.25, 0.3) is 0 Å². The highest BCUT2D eigenvalue weighted by Gasteiger charge is 2.39. The fourth-order valence-corrected chi connectivity index (χ4v) is 4.53. The van der Waals surface area contributed by atoms with Crippen LogP contribution in [-0.4, -0.2) is 52.0 Å². The minimum absolute atomic E-state index is 0.0424. The van der Waals surface area contributed by atoms with Crippen molar-refractivity contribution in [2.45, 2.75) is 57.2 Å². The molecule has 1 atom stereocenters. The smallest absolute Gasteiger partial charge is 0.305 e. The van der Waals surface area contributed by atoms with Gasteiger partial charge in [0.15, 0.2) is 0 Å². The van der Waals surface area contributed by atoms with E-state index in [2.05, 4.69) is 20.8 Å².